The van der Waals surface area contributed by atoms with E-state index in [4.69, 9.17) is 5.73 Å². The minimum absolute atomic E-state index is 0.813. The number of nitrogens with two attached hydrogens (primary N) is 1. The molecule has 1 aromatic rings. The summed E-state index contributed by atoms with van der Waals surface area (Å²) in [5.41, 5.74) is 6.70. The molecule has 4 heteroatoms. The summed E-state index contributed by atoms with van der Waals surface area (Å²) in [6, 6.07) is 1.91. The third-order valence-electron chi connectivity index (χ3n) is 1.14. The van der Waals surface area contributed by atoms with Gasteiger partial charge in [0, 0.05) is 0 Å². The molecule has 0 aliphatic rings. The van der Waals surface area contributed by atoms with E-state index in [2.05, 4.69) is 15.0 Å². The van der Waals surface area contributed by atoms with Crippen molar-refractivity contribution in [3.63, 3.8) is 0 Å². The van der Waals surface area contributed by atoms with Crippen molar-refractivity contribution in [1.29, 1.82) is 0 Å². The molecule has 1 aromatic heterocycles. The van der Waals surface area contributed by atoms with E-state index < -0.39 is 20.1 Å². The van der Waals surface area contributed by atoms with E-state index in [-0.39, 0.29) is 0 Å². The Morgan fingerprint density at radius 2 is 2.20 bits per heavy atom. The zero-order chi connectivity index (χ0) is 7.72. The van der Waals surface area contributed by atoms with Gasteiger partial charge in [-0.3, -0.25) is 0 Å². The SMILES string of the molecule is Cc1cc(N)n(I(C)C)n1. The number of halogens is 1. The molecule has 0 saturated carbocycles. The van der Waals surface area contributed by atoms with Gasteiger partial charge in [0.25, 0.3) is 0 Å². The van der Waals surface area contributed by atoms with Crippen LogP contribution in [0.3, 0.4) is 0 Å². The summed E-state index contributed by atoms with van der Waals surface area (Å²) >= 11 is -1.02. The van der Waals surface area contributed by atoms with Crippen molar-refractivity contribution in [3.8, 4) is 0 Å². The maximum absolute atomic E-state index is 5.68. The molecule has 0 atom stereocenters. The van der Waals surface area contributed by atoms with Gasteiger partial charge < -0.3 is 0 Å². The Kier molecular flexibility index (Phi) is 2.18. The van der Waals surface area contributed by atoms with Gasteiger partial charge in [0.2, 0.25) is 0 Å². The maximum atomic E-state index is 5.68. The number of alkyl halides is 2. The number of aryl methyl sites for hydroxylation is 1. The van der Waals surface area contributed by atoms with Crippen LogP contribution in [0.15, 0.2) is 6.07 Å². The molecular formula is C6H12IN3. The predicted molar refractivity (Wildman–Crippen MR) is 52.6 cm³/mol. The van der Waals surface area contributed by atoms with Crippen LogP contribution in [-0.4, -0.2) is 17.9 Å². The van der Waals surface area contributed by atoms with Crippen molar-refractivity contribution in [2.45, 2.75) is 6.92 Å². The normalized spacial score (nSPS) is 11.7. The monoisotopic (exact) mass is 253 g/mol. The van der Waals surface area contributed by atoms with Crippen LogP contribution in [0, 0.1) is 6.92 Å². The molecule has 58 valence electrons. The number of anilines is 1. The van der Waals surface area contributed by atoms with Crippen molar-refractivity contribution in [2.24, 2.45) is 0 Å². The molecule has 0 aromatic carbocycles. The molecule has 3 nitrogen and oxygen atoms in total. The molecule has 0 unspecified atom stereocenters. The van der Waals surface area contributed by atoms with Crippen molar-refractivity contribution in [1.82, 2.24) is 7.99 Å². The Morgan fingerprint density at radius 3 is 2.40 bits per heavy atom. The Labute approximate surface area is 68.3 Å². The van der Waals surface area contributed by atoms with Crippen LogP contribution in [0.5, 0.6) is 0 Å². The van der Waals surface area contributed by atoms with E-state index in [9.17, 15) is 0 Å². The van der Waals surface area contributed by atoms with Crippen LogP contribution >= 0.6 is 20.1 Å². The zero-order valence-electron chi connectivity index (χ0n) is 6.43. The van der Waals surface area contributed by atoms with Gasteiger partial charge in [-0.2, -0.15) is 0 Å². The van der Waals surface area contributed by atoms with Gasteiger partial charge in [0.15, 0.2) is 0 Å². The Bertz CT molecular complexity index is 229. The molecule has 0 bridgehead atoms. The standard InChI is InChI=1S/C6H12IN3/c1-5-4-6(8)10(9-5)7(2)3/h4H,8H2,1-3H3. The molecule has 0 amide bonds. The number of nitrogens with zero attached hydrogens (tertiary/aromatic N) is 2. The van der Waals surface area contributed by atoms with Crippen molar-refractivity contribution in [2.75, 3.05) is 15.6 Å². The van der Waals surface area contributed by atoms with Gasteiger partial charge in [-0.1, -0.05) is 0 Å². The Morgan fingerprint density at radius 1 is 1.60 bits per heavy atom. The minimum atomic E-state index is -1.02. The first-order valence-electron chi connectivity index (χ1n) is 2.94. The molecule has 10 heavy (non-hydrogen) atoms. The average Bonchev–Trinajstić information content (AvgIpc) is 2.10. The van der Waals surface area contributed by atoms with E-state index in [1.165, 1.54) is 0 Å². The third-order valence-corrected chi connectivity index (χ3v) is 3.74. The third kappa shape index (κ3) is 1.42. The van der Waals surface area contributed by atoms with E-state index in [1.54, 1.807) is 0 Å². The van der Waals surface area contributed by atoms with Gasteiger partial charge in [0.05, 0.1) is 0 Å². The van der Waals surface area contributed by atoms with Gasteiger partial charge >= 0.3 is 68.2 Å². The number of hydrogen-bond acceptors (Lipinski definition) is 2. The van der Waals surface area contributed by atoms with E-state index in [0.29, 0.717) is 0 Å². The summed E-state index contributed by atoms with van der Waals surface area (Å²) < 4.78 is 1.97. The van der Waals surface area contributed by atoms with E-state index in [0.717, 1.165) is 11.5 Å². The van der Waals surface area contributed by atoms with Crippen LogP contribution in [0.25, 0.3) is 0 Å². The van der Waals surface area contributed by atoms with Gasteiger partial charge in [-0.05, 0) is 0 Å². The predicted octanol–water partition coefficient (Wildman–Crippen LogP) is 1.30. The van der Waals surface area contributed by atoms with Crippen molar-refractivity contribution < 1.29 is 0 Å². The molecule has 0 saturated heterocycles. The average molecular weight is 253 g/mol. The topological polar surface area (TPSA) is 43.8 Å². The van der Waals surface area contributed by atoms with E-state index >= 15 is 0 Å². The Balaban J connectivity index is 3.03. The summed E-state index contributed by atoms with van der Waals surface area (Å²) in [5.74, 6) is 0.813. The molecule has 0 radical (unpaired) electrons. The second-order valence-electron chi connectivity index (χ2n) is 2.29. The molecule has 1 rings (SSSR count). The number of aromatic nitrogens is 2. The first kappa shape index (κ1) is 7.84. The molecule has 0 spiro atoms. The molecule has 0 aliphatic heterocycles. The number of rotatable bonds is 1. The van der Waals surface area contributed by atoms with Crippen LogP contribution < -0.4 is 5.73 Å². The fourth-order valence-corrected chi connectivity index (χ4v) is 2.79. The second kappa shape index (κ2) is 2.77. The first-order chi connectivity index (χ1) is 4.61. The van der Waals surface area contributed by atoms with Gasteiger partial charge in [-0.15, -0.1) is 0 Å². The first-order valence-corrected chi connectivity index (χ1v) is 8.22. The van der Waals surface area contributed by atoms with Crippen LogP contribution in [0.1, 0.15) is 5.69 Å². The number of hydrogen-bond donors (Lipinski definition) is 1. The van der Waals surface area contributed by atoms with Gasteiger partial charge in [-0.25, -0.2) is 0 Å². The molecule has 1 heterocycles. The fraction of sp³-hybridized carbons (Fsp3) is 0.500. The van der Waals surface area contributed by atoms with E-state index in [1.807, 2.05) is 15.9 Å². The quantitative estimate of drug-likeness (QED) is 0.605. The van der Waals surface area contributed by atoms with Gasteiger partial charge in [0.1, 0.15) is 0 Å². The summed E-state index contributed by atoms with van der Waals surface area (Å²) in [6.45, 7) is 1.96. The zero-order valence-corrected chi connectivity index (χ0v) is 8.58. The van der Waals surface area contributed by atoms with Crippen LogP contribution in [0.2, 0.25) is 0 Å². The summed E-state index contributed by atoms with van der Waals surface area (Å²) in [6.07, 6.45) is 0. The number of nitrogen functional groups attached to an aromatic ring is 1. The second-order valence-corrected chi connectivity index (χ2v) is 7.29. The van der Waals surface area contributed by atoms with Crippen molar-refractivity contribution in [3.05, 3.63) is 11.8 Å². The molecule has 0 fully saturated rings. The fourth-order valence-electron chi connectivity index (χ4n) is 0.763. The molecule has 0 aliphatic carbocycles. The summed E-state index contributed by atoms with van der Waals surface area (Å²) in [4.78, 5) is 4.43. The van der Waals surface area contributed by atoms with Crippen molar-refractivity contribution >= 4 is 25.9 Å². The molecule has 2 N–H and O–H groups in total. The Hall–Kier alpha value is -0.260. The summed E-state index contributed by atoms with van der Waals surface area (Å²) in [5, 5.41) is 4.27. The summed E-state index contributed by atoms with van der Waals surface area (Å²) in [7, 11) is 0. The molecular weight excluding hydrogens is 241 g/mol. The van der Waals surface area contributed by atoms with Crippen LogP contribution in [0.4, 0.5) is 5.82 Å². The van der Waals surface area contributed by atoms with Crippen LogP contribution in [-0.2, 0) is 0 Å².